The molecule has 0 fully saturated rings. The zero-order valence-electron chi connectivity index (χ0n) is 22.7. The molecule has 0 aliphatic rings. The maximum absolute atomic E-state index is 13.0. The van der Waals surface area contributed by atoms with Crippen LogP contribution in [0.4, 0.5) is 18.9 Å². The molecule has 0 atom stereocenters. The summed E-state index contributed by atoms with van der Waals surface area (Å²) in [6.45, 7) is 0. The van der Waals surface area contributed by atoms with Crippen LogP contribution in [0.3, 0.4) is 0 Å². The molecule has 9 nitrogen and oxygen atoms in total. The van der Waals surface area contributed by atoms with Gasteiger partial charge in [0.2, 0.25) is 10.0 Å². The number of anilines is 1. The summed E-state index contributed by atoms with van der Waals surface area (Å²) in [5, 5.41) is 10.2. The van der Waals surface area contributed by atoms with Gasteiger partial charge in [-0.1, -0.05) is 42.5 Å². The summed E-state index contributed by atoms with van der Waals surface area (Å²) in [4.78, 5) is 24.6. The predicted octanol–water partition coefficient (Wildman–Crippen LogP) is 6.35. The van der Waals surface area contributed by atoms with Crippen LogP contribution in [0.25, 0.3) is 32.7 Å². The molecule has 224 valence electrons. The Balaban J connectivity index is 1.67. The van der Waals surface area contributed by atoms with E-state index in [9.17, 15) is 31.2 Å². The van der Waals surface area contributed by atoms with Crippen LogP contribution in [-0.4, -0.2) is 38.6 Å². The van der Waals surface area contributed by atoms with Gasteiger partial charge in [0.15, 0.2) is 0 Å². The summed E-state index contributed by atoms with van der Waals surface area (Å²) in [5.74, 6) is -3.91. The lowest BCUT2D eigenvalue weighted by Gasteiger charge is -2.17. The van der Waals surface area contributed by atoms with E-state index in [-0.39, 0.29) is 28.4 Å². The van der Waals surface area contributed by atoms with Gasteiger partial charge in [-0.2, -0.15) is 13.2 Å². The van der Waals surface area contributed by atoms with Crippen LogP contribution in [0, 0.1) is 5.41 Å². The van der Waals surface area contributed by atoms with Gasteiger partial charge in [0.05, 0.1) is 11.8 Å². The molecule has 44 heavy (non-hydrogen) atoms. The lowest BCUT2D eigenvalue weighted by Crippen LogP contribution is -2.28. The van der Waals surface area contributed by atoms with E-state index in [2.05, 4.69) is 9.46 Å². The molecule has 0 aliphatic heterocycles. The molecule has 5 rings (SSSR count). The van der Waals surface area contributed by atoms with Crippen LogP contribution in [0.2, 0.25) is 0 Å². The number of benzene rings is 5. The highest BCUT2D eigenvalue weighted by molar-refractivity contribution is 7.92. The van der Waals surface area contributed by atoms with Crippen molar-refractivity contribution in [2.45, 2.75) is 6.18 Å². The van der Waals surface area contributed by atoms with Gasteiger partial charge >= 0.3 is 18.1 Å². The number of amidine groups is 1. The van der Waals surface area contributed by atoms with Crippen molar-refractivity contribution < 1.29 is 40.7 Å². The summed E-state index contributed by atoms with van der Waals surface area (Å²) in [7, 11) is -3.75. The lowest BCUT2D eigenvalue weighted by molar-refractivity contribution is -0.193. The van der Waals surface area contributed by atoms with Crippen molar-refractivity contribution in [3.05, 3.63) is 102 Å². The van der Waals surface area contributed by atoms with Crippen LogP contribution in [0.1, 0.15) is 15.9 Å². The van der Waals surface area contributed by atoms with Crippen LogP contribution < -0.4 is 15.2 Å². The van der Waals surface area contributed by atoms with E-state index in [0.29, 0.717) is 22.1 Å². The molecule has 0 amide bonds. The van der Waals surface area contributed by atoms with Crippen molar-refractivity contribution >= 4 is 55.0 Å². The number of nitrogen functional groups attached to an aromatic ring is 1. The number of halogens is 3. The summed E-state index contributed by atoms with van der Waals surface area (Å²) >= 11 is 0. The Labute approximate surface area is 248 Å². The third-order valence-corrected chi connectivity index (χ3v) is 7.05. The van der Waals surface area contributed by atoms with E-state index >= 15 is 0 Å². The topological polar surface area (TPSA) is 149 Å². The molecule has 0 aliphatic carbocycles. The molecular weight excluding hydrogens is 599 g/mol. The minimum atomic E-state index is -5.42. The highest BCUT2D eigenvalue weighted by atomic mass is 32.2. The third-order valence-electron chi connectivity index (χ3n) is 6.45. The smallest absolute Gasteiger partial charge is 0.457 e. The number of hydrogen-bond acceptors (Lipinski definition) is 7. The van der Waals surface area contributed by atoms with Gasteiger partial charge in [-0.05, 0) is 70.1 Å². The second-order valence-corrected chi connectivity index (χ2v) is 11.5. The van der Waals surface area contributed by atoms with Crippen molar-refractivity contribution in [1.82, 2.24) is 0 Å². The first kappa shape index (κ1) is 30.0. The largest absolute Gasteiger partial charge is 0.491 e. The molecule has 0 unspecified atom stereocenters. The second kappa shape index (κ2) is 11.3. The van der Waals surface area contributed by atoms with E-state index in [4.69, 9.17) is 15.9 Å². The summed E-state index contributed by atoms with van der Waals surface area (Å²) in [6, 6.07) is 23.9. The molecule has 0 bridgehead atoms. The van der Waals surface area contributed by atoms with Gasteiger partial charge in [0, 0.05) is 22.4 Å². The van der Waals surface area contributed by atoms with Crippen LogP contribution in [0.5, 0.6) is 11.5 Å². The molecule has 0 radical (unpaired) electrons. The fourth-order valence-corrected chi connectivity index (χ4v) is 5.07. The van der Waals surface area contributed by atoms with Gasteiger partial charge in [0.25, 0.3) is 0 Å². The minimum absolute atomic E-state index is 0.0164. The molecule has 0 saturated heterocycles. The molecule has 0 saturated carbocycles. The van der Waals surface area contributed by atoms with Crippen LogP contribution >= 0.6 is 0 Å². The summed E-state index contributed by atoms with van der Waals surface area (Å²) < 4.78 is 75.6. The summed E-state index contributed by atoms with van der Waals surface area (Å²) in [5.41, 5.74) is 5.93. The zero-order chi connectivity index (χ0) is 31.8. The SMILES string of the molecule is CS(=O)(=O)Nc1ccc(Oc2ccc3cc(C(=N)N)ccc3c2)c(-c2cc3ccccc3cc2C(=O)OC(=O)C(F)(F)F)c1. The number of fused-ring (bicyclic) bond motifs is 2. The third kappa shape index (κ3) is 6.63. The molecule has 4 N–H and O–H groups in total. The number of alkyl halides is 3. The fraction of sp³-hybridized carbons (Fsp3) is 0.0645. The summed E-state index contributed by atoms with van der Waals surface area (Å²) in [6.07, 6.45) is -4.48. The molecule has 5 aromatic rings. The van der Waals surface area contributed by atoms with E-state index < -0.39 is 33.7 Å². The normalized spacial score (nSPS) is 11.7. The van der Waals surface area contributed by atoms with Gasteiger partial charge in [-0.15, -0.1) is 0 Å². The van der Waals surface area contributed by atoms with E-state index in [0.717, 1.165) is 17.0 Å². The predicted molar refractivity (Wildman–Crippen MR) is 159 cm³/mol. The average Bonchev–Trinajstić information content (AvgIpc) is 2.95. The Bertz CT molecular complexity index is 2100. The van der Waals surface area contributed by atoms with E-state index in [1.807, 2.05) is 0 Å². The first-order chi connectivity index (χ1) is 20.7. The monoisotopic (exact) mass is 621 g/mol. The first-order valence-corrected chi connectivity index (χ1v) is 14.6. The number of sulfonamides is 1. The fourth-order valence-electron chi connectivity index (χ4n) is 4.52. The second-order valence-electron chi connectivity index (χ2n) is 9.74. The Hall–Kier alpha value is -5.43. The molecule has 0 aromatic heterocycles. The van der Waals surface area contributed by atoms with Crippen molar-refractivity contribution in [2.75, 3.05) is 11.0 Å². The van der Waals surface area contributed by atoms with Gasteiger partial charge < -0.3 is 15.2 Å². The number of ether oxygens (including phenoxy) is 2. The highest BCUT2D eigenvalue weighted by Gasteiger charge is 2.43. The van der Waals surface area contributed by atoms with Crippen molar-refractivity contribution in [3.8, 4) is 22.6 Å². The van der Waals surface area contributed by atoms with Crippen molar-refractivity contribution in [3.63, 3.8) is 0 Å². The highest BCUT2D eigenvalue weighted by Crippen LogP contribution is 2.40. The van der Waals surface area contributed by atoms with Crippen LogP contribution in [0.15, 0.2) is 91.0 Å². The number of nitrogens with two attached hydrogens (primary N) is 1. The van der Waals surface area contributed by atoms with Gasteiger partial charge in [-0.3, -0.25) is 10.1 Å². The van der Waals surface area contributed by atoms with Crippen molar-refractivity contribution in [1.29, 1.82) is 5.41 Å². The van der Waals surface area contributed by atoms with Crippen molar-refractivity contribution in [2.24, 2.45) is 5.73 Å². The Morgan fingerprint density at radius 1 is 0.818 bits per heavy atom. The maximum Gasteiger partial charge on any atom is 0.491 e. The van der Waals surface area contributed by atoms with Gasteiger partial charge in [0.1, 0.15) is 17.3 Å². The zero-order valence-corrected chi connectivity index (χ0v) is 23.5. The minimum Gasteiger partial charge on any atom is -0.457 e. The number of carbonyl (C=O) groups is 2. The molecular formula is C31H22F3N3O6S. The Morgan fingerprint density at radius 3 is 2.11 bits per heavy atom. The first-order valence-electron chi connectivity index (χ1n) is 12.7. The van der Waals surface area contributed by atoms with E-state index in [1.165, 1.54) is 30.3 Å². The Morgan fingerprint density at radius 2 is 1.45 bits per heavy atom. The molecule has 0 heterocycles. The number of nitrogens with one attached hydrogen (secondary N) is 2. The average molecular weight is 622 g/mol. The molecule has 5 aromatic carbocycles. The standard InChI is InChI=1S/C31H22F3N3O6S/c1-44(40,41)37-22-9-11-27(42-23-10-8-19-12-21(28(35)36)7-6-20(19)13-23)25(16-22)24-14-17-4-2-3-5-18(17)15-26(24)29(38)43-30(39)31(32,33)34/h2-16,37H,1H3,(H3,35,36). The van der Waals surface area contributed by atoms with E-state index in [1.54, 1.807) is 60.7 Å². The van der Waals surface area contributed by atoms with Crippen LogP contribution in [-0.2, 0) is 19.6 Å². The lowest BCUT2D eigenvalue weighted by atomic mass is 9.94. The number of hydrogen-bond donors (Lipinski definition) is 3. The number of rotatable bonds is 7. The molecule has 0 spiro atoms. The van der Waals surface area contributed by atoms with Gasteiger partial charge in [-0.25, -0.2) is 18.0 Å². The number of esters is 2. The molecule has 13 heteroatoms. The Kier molecular flexibility index (Phi) is 7.74. The quantitative estimate of drug-likeness (QED) is 0.0830. The maximum atomic E-state index is 13.0. The number of carbonyl (C=O) groups excluding carboxylic acids is 2.